The van der Waals surface area contributed by atoms with Gasteiger partial charge in [0.25, 0.3) is 0 Å². The van der Waals surface area contributed by atoms with Crippen molar-refractivity contribution in [1.29, 1.82) is 0 Å². The summed E-state index contributed by atoms with van der Waals surface area (Å²) in [6.45, 7) is 0. The third kappa shape index (κ3) is 3.27. The van der Waals surface area contributed by atoms with Gasteiger partial charge in [0.1, 0.15) is 5.01 Å². The number of fused-ring (bicyclic) bond motifs is 1. The lowest BCUT2D eigenvalue weighted by atomic mass is 10.2. The zero-order valence-electron chi connectivity index (χ0n) is 12.0. The molecule has 0 amide bonds. The molecule has 0 atom stereocenters. The molecule has 3 nitrogen and oxygen atoms in total. The molecule has 0 aliphatic carbocycles. The average molecular weight is 358 g/mol. The van der Waals surface area contributed by atoms with Gasteiger partial charge in [-0.3, -0.25) is 0 Å². The predicted octanol–water partition coefficient (Wildman–Crippen LogP) is 5.63. The Hall–Kier alpha value is -1.82. The molecule has 0 radical (unpaired) electrons. The van der Waals surface area contributed by atoms with E-state index in [0.717, 1.165) is 38.2 Å². The van der Waals surface area contributed by atoms with Crippen molar-refractivity contribution in [2.24, 2.45) is 0 Å². The van der Waals surface area contributed by atoms with Crippen molar-refractivity contribution in [3.05, 3.63) is 64.6 Å². The first kappa shape index (κ1) is 14.8. The summed E-state index contributed by atoms with van der Waals surface area (Å²) in [7, 11) is 0. The number of aromatic amines is 1. The summed E-state index contributed by atoms with van der Waals surface area (Å²) in [4.78, 5) is 12.5. The van der Waals surface area contributed by atoms with E-state index in [9.17, 15) is 0 Å². The summed E-state index contributed by atoms with van der Waals surface area (Å²) in [6.07, 6.45) is 0. The molecule has 4 rings (SSSR count). The van der Waals surface area contributed by atoms with E-state index in [4.69, 9.17) is 16.6 Å². The van der Waals surface area contributed by atoms with Crippen molar-refractivity contribution in [3.8, 4) is 10.6 Å². The maximum Gasteiger partial charge on any atom is 0.166 e. The van der Waals surface area contributed by atoms with Crippen LogP contribution in [0.15, 0.2) is 59.1 Å². The first-order valence-corrected chi connectivity index (χ1v) is 9.30. The van der Waals surface area contributed by atoms with Crippen LogP contribution in [0.2, 0.25) is 5.02 Å². The topological polar surface area (TPSA) is 41.6 Å². The molecule has 0 saturated heterocycles. The molecule has 0 spiro atoms. The highest BCUT2D eigenvalue weighted by Crippen LogP contribution is 2.28. The van der Waals surface area contributed by atoms with Crippen LogP contribution in [0.1, 0.15) is 5.69 Å². The van der Waals surface area contributed by atoms with E-state index in [-0.39, 0.29) is 0 Å². The van der Waals surface area contributed by atoms with E-state index >= 15 is 0 Å². The number of hydrogen-bond donors (Lipinski definition) is 1. The minimum absolute atomic E-state index is 0.713. The Labute approximate surface area is 146 Å². The molecular formula is C17H12ClN3S2. The zero-order chi connectivity index (χ0) is 15.6. The molecular weight excluding hydrogens is 346 g/mol. The number of H-pyrrole nitrogens is 1. The second-order valence-electron chi connectivity index (χ2n) is 5.00. The first-order chi connectivity index (χ1) is 11.3. The van der Waals surface area contributed by atoms with Gasteiger partial charge >= 0.3 is 0 Å². The van der Waals surface area contributed by atoms with E-state index < -0.39 is 0 Å². The summed E-state index contributed by atoms with van der Waals surface area (Å²) < 4.78 is 0. The third-order valence-electron chi connectivity index (χ3n) is 3.35. The molecule has 0 aliphatic rings. The van der Waals surface area contributed by atoms with Gasteiger partial charge in [0, 0.05) is 21.7 Å². The second-order valence-corrected chi connectivity index (χ2v) is 7.26. The zero-order valence-corrected chi connectivity index (χ0v) is 14.4. The minimum atomic E-state index is 0.713. The molecule has 2 aromatic heterocycles. The monoisotopic (exact) mass is 357 g/mol. The standard InChI is InChI=1S/C17H12ClN3S2/c18-12-6-7-14-15(8-12)21-17(20-14)23-10-13-9-22-16(19-13)11-4-2-1-3-5-11/h1-9H,10H2,(H,20,21). The molecule has 0 unspecified atom stereocenters. The fourth-order valence-electron chi connectivity index (χ4n) is 2.26. The number of hydrogen-bond acceptors (Lipinski definition) is 4. The largest absolute Gasteiger partial charge is 0.333 e. The van der Waals surface area contributed by atoms with E-state index in [1.54, 1.807) is 23.1 Å². The fourth-order valence-corrected chi connectivity index (χ4v) is 4.14. The Morgan fingerprint density at radius 1 is 1.09 bits per heavy atom. The van der Waals surface area contributed by atoms with Gasteiger partial charge in [-0.15, -0.1) is 11.3 Å². The predicted molar refractivity (Wildman–Crippen MR) is 98.2 cm³/mol. The minimum Gasteiger partial charge on any atom is -0.333 e. The molecule has 0 aliphatic heterocycles. The van der Waals surface area contributed by atoms with Gasteiger partial charge in [-0.25, -0.2) is 9.97 Å². The maximum absolute atomic E-state index is 6.00. The normalized spacial score (nSPS) is 11.2. The molecule has 0 fully saturated rings. The molecule has 114 valence electrons. The van der Waals surface area contributed by atoms with Crippen molar-refractivity contribution in [3.63, 3.8) is 0 Å². The summed E-state index contributed by atoms with van der Waals surface area (Å²) in [5.41, 5.74) is 4.12. The van der Waals surface area contributed by atoms with Crippen LogP contribution in [0, 0.1) is 0 Å². The number of rotatable bonds is 4. The van der Waals surface area contributed by atoms with E-state index in [2.05, 4.69) is 27.5 Å². The Kier molecular flexibility index (Phi) is 4.08. The van der Waals surface area contributed by atoms with Gasteiger partial charge in [0.15, 0.2) is 5.16 Å². The molecule has 23 heavy (non-hydrogen) atoms. The van der Waals surface area contributed by atoms with Crippen molar-refractivity contribution in [2.75, 3.05) is 0 Å². The summed E-state index contributed by atoms with van der Waals surface area (Å²) in [5.74, 6) is 0.789. The van der Waals surface area contributed by atoms with E-state index in [1.165, 1.54) is 0 Å². The number of imidazole rings is 1. The van der Waals surface area contributed by atoms with Gasteiger partial charge in [-0.05, 0) is 18.2 Å². The Morgan fingerprint density at radius 2 is 1.96 bits per heavy atom. The first-order valence-electron chi connectivity index (χ1n) is 7.06. The van der Waals surface area contributed by atoms with Gasteiger partial charge in [-0.2, -0.15) is 0 Å². The van der Waals surface area contributed by atoms with Gasteiger partial charge in [-0.1, -0.05) is 53.7 Å². The average Bonchev–Trinajstić information content (AvgIpc) is 3.20. The maximum atomic E-state index is 6.00. The molecule has 1 N–H and O–H groups in total. The van der Waals surface area contributed by atoms with Crippen LogP contribution in [-0.4, -0.2) is 15.0 Å². The molecule has 0 bridgehead atoms. The van der Waals surface area contributed by atoms with Crippen molar-refractivity contribution >= 4 is 45.7 Å². The number of thioether (sulfide) groups is 1. The SMILES string of the molecule is Clc1ccc2nc(SCc3csc(-c4ccccc4)n3)[nH]c2c1. The van der Waals surface area contributed by atoms with Crippen molar-refractivity contribution in [2.45, 2.75) is 10.9 Å². The van der Waals surface area contributed by atoms with Crippen LogP contribution >= 0.6 is 34.7 Å². The quantitative estimate of drug-likeness (QED) is 0.481. The Morgan fingerprint density at radius 3 is 2.83 bits per heavy atom. The fraction of sp³-hybridized carbons (Fsp3) is 0.0588. The highest BCUT2D eigenvalue weighted by atomic mass is 35.5. The molecule has 0 saturated carbocycles. The number of nitrogens with zero attached hydrogens (tertiary/aromatic N) is 2. The molecule has 4 aromatic rings. The number of nitrogens with one attached hydrogen (secondary N) is 1. The Bertz CT molecular complexity index is 947. The molecule has 2 heterocycles. The van der Waals surface area contributed by atoms with E-state index in [1.807, 2.05) is 36.4 Å². The summed E-state index contributed by atoms with van der Waals surface area (Å²) >= 11 is 9.32. The van der Waals surface area contributed by atoms with Crippen molar-refractivity contribution < 1.29 is 0 Å². The molecule has 6 heteroatoms. The number of aromatic nitrogens is 3. The third-order valence-corrected chi connectivity index (χ3v) is 5.43. The highest BCUT2D eigenvalue weighted by molar-refractivity contribution is 7.98. The van der Waals surface area contributed by atoms with Gasteiger partial charge in [0.2, 0.25) is 0 Å². The number of halogens is 1. The summed E-state index contributed by atoms with van der Waals surface area (Å²) in [6, 6.07) is 15.9. The Balaban J connectivity index is 1.49. The van der Waals surface area contributed by atoms with Crippen LogP contribution in [0.5, 0.6) is 0 Å². The molecule has 2 aromatic carbocycles. The number of thiazole rings is 1. The van der Waals surface area contributed by atoms with E-state index in [0.29, 0.717) is 5.02 Å². The lowest BCUT2D eigenvalue weighted by Crippen LogP contribution is -1.83. The van der Waals surface area contributed by atoms with Gasteiger partial charge < -0.3 is 4.98 Å². The lowest BCUT2D eigenvalue weighted by molar-refractivity contribution is 1.07. The lowest BCUT2D eigenvalue weighted by Gasteiger charge is -1.95. The van der Waals surface area contributed by atoms with Crippen LogP contribution in [0.3, 0.4) is 0 Å². The smallest absolute Gasteiger partial charge is 0.166 e. The highest BCUT2D eigenvalue weighted by Gasteiger charge is 2.08. The van der Waals surface area contributed by atoms with Crippen LogP contribution < -0.4 is 0 Å². The van der Waals surface area contributed by atoms with Crippen LogP contribution in [-0.2, 0) is 5.75 Å². The van der Waals surface area contributed by atoms with Crippen molar-refractivity contribution in [1.82, 2.24) is 15.0 Å². The second kappa shape index (κ2) is 6.35. The van der Waals surface area contributed by atoms with Crippen LogP contribution in [0.4, 0.5) is 0 Å². The van der Waals surface area contributed by atoms with Gasteiger partial charge in [0.05, 0.1) is 16.7 Å². The van der Waals surface area contributed by atoms with Crippen LogP contribution in [0.25, 0.3) is 21.6 Å². The summed E-state index contributed by atoms with van der Waals surface area (Å²) in [5, 5.41) is 4.76. The number of benzene rings is 2.